The second kappa shape index (κ2) is 8.74. The first-order valence-electron chi connectivity index (χ1n) is 8.16. The van der Waals surface area contributed by atoms with Gasteiger partial charge in [0.1, 0.15) is 0 Å². The van der Waals surface area contributed by atoms with E-state index in [-0.39, 0.29) is 18.6 Å². The van der Waals surface area contributed by atoms with Crippen LogP contribution in [0.2, 0.25) is 0 Å². The van der Waals surface area contributed by atoms with E-state index >= 15 is 0 Å². The minimum absolute atomic E-state index is 0.0607. The van der Waals surface area contributed by atoms with Crippen LogP contribution in [0, 0.1) is 11.3 Å². The van der Waals surface area contributed by atoms with Gasteiger partial charge in [-0.25, -0.2) is 0 Å². The van der Waals surface area contributed by atoms with Crippen molar-refractivity contribution >= 4 is 5.91 Å². The van der Waals surface area contributed by atoms with E-state index in [9.17, 15) is 4.79 Å². The van der Waals surface area contributed by atoms with Gasteiger partial charge in [0.25, 0.3) is 5.91 Å². The molecule has 0 spiro atoms. The van der Waals surface area contributed by atoms with E-state index in [1.165, 1.54) is 0 Å². The molecule has 0 aliphatic rings. The molecule has 1 unspecified atom stereocenters. The molecule has 25 heavy (non-hydrogen) atoms. The van der Waals surface area contributed by atoms with Crippen LogP contribution in [0.3, 0.4) is 0 Å². The van der Waals surface area contributed by atoms with Gasteiger partial charge in [0, 0.05) is 6.54 Å². The number of ether oxygens (including phenoxy) is 2. The molecule has 0 saturated carbocycles. The SMILES string of the molecule is CCN(C(=O)COc1ccccc1OC)C(C)c1ccc(C#N)cc1. The quantitative estimate of drug-likeness (QED) is 0.774. The van der Waals surface area contributed by atoms with Crippen molar-refractivity contribution in [3.8, 4) is 17.6 Å². The summed E-state index contributed by atoms with van der Waals surface area (Å²) in [6, 6.07) is 16.5. The van der Waals surface area contributed by atoms with Crippen molar-refractivity contribution in [1.82, 2.24) is 4.90 Å². The number of likely N-dealkylation sites (N-methyl/N-ethyl adjacent to an activating group) is 1. The number of carbonyl (C=O) groups is 1. The zero-order valence-electron chi connectivity index (χ0n) is 14.7. The second-order valence-corrected chi connectivity index (χ2v) is 5.53. The van der Waals surface area contributed by atoms with Crippen molar-refractivity contribution in [2.24, 2.45) is 0 Å². The normalized spacial score (nSPS) is 11.3. The highest BCUT2D eigenvalue weighted by atomic mass is 16.5. The zero-order valence-corrected chi connectivity index (χ0v) is 14.7. The topological polar surface area (TPSA) is 62.6 Å². The fourth-order valence-electron chi connectivity index (χ4n) is 2.64. The van der Waals surface area contributed by atoms with Gasteiger partial charge >= 0.3 is 0 Å². The van der Waals surface area contributed by atoms with Crippen molar-refractivity contribution in [1.29, 1.82) is 5.26 Å². The lowest BCUT2D eigenvalue weighted by Crippen LogP contribution is -2.36. The molecule has 0 saturated heterocycles. The van der Waals surface area contributed by atoms with E-state index in [2.05, 4.69) is 6.07 Å². The van der Waals surface area contributed by atoms with Crippen molar-refractivity contribution in [3.05, 3.63) is 59.7 Å². The Labute approximate surface area is 148 Å². The Balaban J connectivity index is 2.05. The minimum atomic E-state index is -0.106. The first-order valence-corrected chi connectivity index (χ1v) is 8.16. The predicted octanol–water partition coefficient (Wildman–Crippen LogP) is 3.56. The van der Waals surface area contributed by atoms with Gasteiger partial charge in [-0.2, -0.15) is 5.26 Å². The summed E-state index contributed by atoms with van der Waals surface area (Å²) in [4.78, 5) is 14.3. The van der Waals surface area contributed by atoms with Crippen LogP contribution in [-0.2, 0) is 4.79 Å². The number of carbonyl (C=O) groups excluding carboxylic acids is 1. The molecule has 2 aromatic rings. The van der Waals surface area contributed by atoms with Crippen molar-refractivity contribution in [3.63, 3.8) is 0 Å². The van der Waals surface area contributed by atoms with Gasteiger partial charge in [-0.3, -0.25) is 4.79 Å². The van der Waals surface area contributed by atoms with Crippen LogP contribution in [0.4, 0.5) is 0 Å². The third-order valence-corrected chi connectivity index (χ3v) is 4.07. The summed E-state index contributed by atoms with van der Waals surface area (Å²) in [5.41, 5.74) is 1.58. The zero-order chi connectivity index (χ0) is 18.2. The first kappa shape index (κ1) is 18.3. The number of methoxy groups -OCH3 is 1. The molecule has 0 aliphatic heterocycles. The molecule has 0 aliphatic carbocycles. The second-order valence-electron chi connectivity index (χ2n) is 5.53. The molecule has 2 rings (SSSR count). The van der Waals surface area contributed by atoms with Gasteiger partial charge in [0.15, 0.2) is 18.1 Å². The Kier molecular flexibility index (Phi) is 6.41. The molecular formula is C20H22N2O3. The summed E-state index contributed by atoms with van der Waals surface area (Å²) in [7, 11) is 1.56. The number of hydrogen-bond donors (Lipinski definition) is 0. The molecule has 0 N–H and O–H groups in total. The summed E-state index contributed by atoms with van der Waals surface area (Å²) >= 11 is 0. The fourth-order valence-corrected chi connectivity index (χ4v) is 2.64. The summed E-state index contributed by atoms with van der Waals surface area (Å²) in [5.74, 6) is 1.03. The molecular weight excluding hydrogens is 316 g/mol. The standard InChI is InChI=1S/C20H22N2O3/c1-4-22(15(2)17-11-9-16(13-21)10-12-17)20(23)14-25-19-8-6-5-7-18(19)24-3/h5-12,15H,4,14H2,1-3H3. The molecule has 0 radical (unpaired) electrons. The van der Waals surface area contributed by atoms with Crippen molar-refractivity contribution < 1.29 is 14.3 Å². The molecule has 5 heteroatoms. The van der Waals surface area contributed by atoms with Crippen LogP contribution in [0.15, 0.2) is 48.5 Å². The van der Waals surface area contributed by atoms with Crippen molar-refractivity contribution in [2.75, 3.05) is 20.3 Å². The van der Waals surface area contributed by atoms with Gasteiger partial charge < -0.3 is 14.4 Å². The molecule has 0 fully saturated rings. The van der Waals surface area contributed by atoms with Crippen LogP contribution < -0.4 is 9.47 Å². The molecule has 1 amide bonds. The van der Waals surface area contributed by atoms with Gasteiger partial charge in [0.2, 0.25) is 0 Å². The maximum absolute atomic E-state index is 12.6. The monoisotopic (exact) mass is 338 g/mol. The largest absolute Gasteiger partial charge is 0.493 e. The molecule has 0 heterocycles. The van der Waals surface area contributed by atoms with E-state index < -0.39 is 0 Å². The number of amides is 1. The van der Waals surface area contributed by atoms with E-state index in [0.29, 0.717) is 23.6 Å². The van der Waals surface area contributed by atoms with E-state index in [1.807, 2.05) is 38.1 Å². The highest BCUT2D eigenvalue weighted by molar-refractivity contribution is 5.78. The molecule has 130 valence electrons. The van der Waals surface area contributed by atoms with E-state index in [1.54, 1.807) is 36.3 Å². The summed E-state index contributed by atoms with van der Waals surface area (Å²) in [6.45, 7) is 4.40. The van der Waals surface area contributed by atoms with Crippen LogP contribution in [0.1, 0.15) is 31.0 Å². The summed E-state index contributed by atoms with van der Waals surface area (Å²) < 4.78 is 10.9. The number of nitrogens with zero attached hydrogens (tertiary/aromatic N) is 2. The summed E-state index contributed by atoms with van der Waals surface area (Å²) in [5, 5.41) is 8.89. The highest BCUT2D eigenvalue weighted by Crippen LogP contribution is 2.26. The molecule has 1 atom stereocenters. The number of para-hydroxylation sites is 2. The average molecular weight is 338 g/mol. The Morgan fingerprint density at radius 3 is 2.36 bits per heavy atom. The number of nitriles is 1. The van der Waals surface area contributed by atoms with Gasteiger partial charge in [-0.15, -0.1) is 0 Å². The van der Waals surface area contributed by atoms with Gasteiger partial charge in [0.05, 0.1) is 24.8 Å². The van der Waals surface area contributed by atoms with Gasteiger partial charge in [-0.05, 0) is 43.7 Å². The third-order valence-electron chi connectivity index (χ3n) is 4.07. The fraction of sp³-hybridized carbons (Fsp3) is 0.300. The number of benzene rings is 2. The van der Waals surface area contributed by atoms with Gasteiger partial charge in [-0.1, -0.05) is 24.3 Å². The van der Waals surface area contributed by atoms with Crippen LogP contribution in [0.5, 0.6) is 11.5 Å². The Morgan fingerprint density at radius 2 is 1.80 bits per heavy atom. The maximum Gasteiger partial charge on any atom is 0.261 e. The van der Waals surface area contributed by atoms with Crippen LogP contribution >= 0.6 is 0 Å². The van der Waals surface area contributed by atoms with Crippen LogP contribution in [-0.4, -0.2) is 31.1 Å². The third kappa shape index (κ3) is 4.51. The number of rotatable bonds is 7. The van der Waals surface area contributed by atoms with Crippen LogP contribution in [0.25, 0.3) is 0 Å². The summed E-state index contributed by atoms with van der Waals surface area (Å²) in [6.07, 6.45) is 0. The van der Waals surface area contributed by atoms with E-state index in [0.717, 1.165) is 5.56 Å². The number of hydrogen-bond acceptors (Lipinski definition) is 4. The minimum Gasteiger partial charge on any atom is -0.493 e. The molecule has 2 aromatic carbocycles. The maximum atomic E-state index is 12.6. The smallest absolute Gasteiger partial charge is 0.261 e. The Morgan fingerprint density at radius 1 is 1.16 bits per heavy atom. The lowest BCUT2D eigenvalue weighted by Gasteiger charge is -2.28. The first-order chi connectivity index (χ1) is 12.1. The molecule has 0 aromatic heterocycles. The predicted molar refractivity (Wildman–Crippen MR) is 95.4 cm³/mol. The highest BCUT2D eigenvalue weighted by Gasteiger charge is 2.20. The molecule has 0 bridgehead atoms. The lowest BCUT2D eigenvalue weighted by molar-refractivity contribution is -0.135. The lowest BCUT2D eigenvalue weighted by atomic mass is 10.0. The van der Waals surface area contributed by atoms with Crippen molar-refractivity contribution in [2.45, 2.75) is 19.9 Å². The average Bonchev–Trinajstić information content (AvgIpc) is 2.67. The molecule has 5 nitrogen and oxygen atoms in total. The van der Waals surface area contributed by atoms with E-state index in [4.69, 9.17) is 14.7 Å². The Bertz CT molecular complexity index is 750. The Hall–Kier alpha value is -3.00.